The fourth-order valence-electron chi connectivity index (χ4n) is 4.21. The number of aliphatic carboxylic acids is 1. The monoisotopic (exact) mass is 493 g/mol. The van der Waals surface area contributed by atoms with Gasteiger partial charge in [0, 0.05) is 44.3 Å². The minimum absolute atomic E-state index is 0.00757. The van der Waals surface area contributed by atoms with Crippen LogP contribution in [-0.4, -0.2) is 59.7 Å². The van der Waals surface area contributed by atoms with E-state index >= 15 is 0 Å². The normalized spacial score (nSPS) is 12.0. The number of carboxylic acids is 1. The van der Waals surface area contributed by atoms with Crippen LogP contribution in [0.2, 0.25) is 0 Å². The minimum Gasteiger partial charge on any atom is -0.481 e. The number of hydrogen-bond donors (Lipinski definition) is 2. The summed E-state index contributed by atoms with van der Waals surface area (Å²) >= 11 is 1.35. The number of fused-ring (bicyclic) bond motifs is 3. The molecule has 2 amide bonds. The third-order valence-corrected chi connectivity index (χ3v) is 6.86. The van der Waals surface area contributed by atoms with E-state index in [-0.39, 0.29) is 24.9 Å². The van der Waals surface area contributed by atoms with Gasteiger partial charge in [0.05, 0.1) is 5.01 Å². The number of rotatable bonds is 10. The number of thiazole rings is 1. The molecule has 9 heteroatoms. The number of nitrogens with zero attached hydrogens (tertiary/aromatic N) is 2. The van der Waals surface area contributed by atoms with Crippen molar-refractivity contribution in [3.05, 3.63) is 75.7 Å². The van der Waals surface area contributed by atoms with Crippen LogP contribution >= 0.6 is 11.3 Å². The van der Waals surface area contributed by atoms with Crippen LogP contribution in [0.15, 0.2) is 53.9 Å². The molecule has 0 aliphatic heterocycles. The van der Waals surface area contributed by atoms with Crippen LogP contribution in [0.4, 0.5) is 4.79 Å². The smallest absolute Gasteiger partial charge is 0.407 e. The summed E-state index contributed by atoms with van der Waals surface area (Å²) in [6.45, 7) is 0.942. The molecule has 8 nitrogen and oxygen atoms in total. The number of ether oxygens (including phenoxy) is 1. The summed E-state index contributed by atoms with van der Waals surface area (Å²) in [5.74, 6) is -1.12. The van der Waals surface area contributed by atoms with Crippen molar-refractivity contribution in [2.75, 3.05) is 26.7 Å². The van der Waals surface area contributed by atoms with Crippen molar-refractivity contribution in [2.24, 2.45) is 0 Å². The maximum atomic E-state index is 12.4. The van der Waals surface area contributed by atoms with Gasteiger partial charge in [0.1, 0.15) is 12.3 Å². The van der Waals surface area contributed by atoms with Gasteiger partial charge in [0.2, 0.25) is 0 Å². The van der Waals surface area contributed by atoms with Crippen LogP contribution in [0.25, 0.3) is 11.1 Å². The maximum absolute atomic E-state index is 12.4. The molecule has 182 valence electrons. The van der Waals surface area contributed by atoms with Gasteiger partial charge in [-0.15, -0.1) is 11.3 Å². The molecule has 0 bridgehead atoms. The zero-order valence-electron chi connectivity index (χ0n) is 19.4. The minimum atomic E-state index is -0.884. The lowest BCUT2D eigenvalue weighted by Crippen LogP contribution is -2.29. The highest BCUT2D eigenvalue weighted by molar-refractivity contribution is 7.09. The van der Waals surface area contributed by atoms with E-state index in [0.717, 1.165) is 16.1 Å². The lowest BCUT2D eigenvalue weighted by atomic mass is 9.98. The van der Waals surface area contributed by atoms with E-state index < -0.39 is 12.1 Å². The van der Waals surface area contributed by atoms with Crippen molar-refractivity contribution in [3.63, 3.8) is 0 Å². The first kappa shape index (κ1) is 24.4. The summed E-state index contributed by atoms with van der Waals surface area (Å²) in [6, 6.07) is 16.4. The van der Waals surface area contributed by atoms with Gasteiger partial charge >= 0.3 is 12.1 Å². The third kappa shape index (κ3) is 5.86. The molecule has 0 spiro atoms. The standard InChI is InChI=1S/C26H27N3O5S/c1-29(14-6-11-24(30)31)25(32)22-16-35-23(28-22)12-13-27-26(33)34-15-21-19-9-4-2-7-17(19)18-8-3-5-10-20(18)21/h2-5,7-10,16,21H,6,11-15H2,1H3,(H,27,33)(H,30,31). The molecule has 1 aromatic heterocycles. The fraction of sp³-hybridized carbons (Fsp3) is 0.308. The van der Waals surface area contributed by atoms with Crippen LogP contribution in [0, 0.1) is 0 Å². The molecule has 3 aromatic rings. The number of nitrogens with one attached hydrogen (secondary N) is 1. The zero-order valence-corrected chi connectivity index (χ0v) is 20.2. The topological polar surface area (TPSA) is 109 Å². The first-order valence-corrected chi connectivity index (χ1v) is 12.3. The molecule has 0 fully saturated rings. The van der Waals surface area contributed by atoms with E-state index in [2.05, 4.69) is 34.6 Å². The van der Waals surface area contributed by atoms with E-state index in [1.54, 1.807) is 12.4 Å². The Kier molecular flexibility index (Phi) is 7.77. The number of amides is 2. The number of aromatic nitrogens is 1. The van der Waals surface area contributed by atoms with E-state index in [9.17, 15) is 14.4 Å². The van der Waals surface area contributed by atoms with Gasteiger partial charge in [-0.3, -0.25) is 9.59 Å². The van der Waals surface area contributed by atoms with Gasteiger partial charge in [0.15, 0.2) is 0 Å². The van der Waals surface area contributed by atoms with Gasteiger partial charge in [-0.05, 0) is 28.7 Å². The molecule has 0 radical (unpaired) electrons. The van der Waals surface area contributed by atoms with Crippen molar-refractivity contribution in [1.82, 2.24) is 15.2 Å². The SMILES string of the molecule is CN(CCCC(=O)O)C(=O)c1csc(CCNC(=O)OCC2c3ccccc3-c3ccccc32)n1. The Bertz CT molecular complexity index is 1180. The second kappa shape index (κ2) is 11.1. The van der Waals surface area contributed by atoms with Gasteiger partial charge in [-0.2, -0.15) is 0 Å². The lowest BCUT2D eigenvalue weighted by molar-refractivity contribution is -0.137. The summed E-state index contributed by atoms with van der Waals surface area (Å²) < 4.78 is 5.54. The molecule has 0 atom stereocenters. The van der Waals surface area contributed by atoms with Crippen molar-refractivity contribution < 1.29 is 24.2 Å². The Morgan fingerprint density at radius 3 is 2.40 bits per heavy atom. The van der Waals surface area contributed by atoms with Crippen molar-refractivity contribution in [3.8, 4) is 11.1 Å². The first-order chi connectivity index (χ1) is 16.9. The molecule has 4 rings (SSSR count). The Morgan fingerprint density at radius 1 is 1.09 bits per heavy atom. The predicted molar refractivity (Wildman–Crippen MR) is 133 cm³/mol. The first-order valence-electron chi connectivity index (χ1n) is 11.4. The molecule has 1 aliphatic rings. The quantitative estimate of drug-likeness (QED) is 0.439. The van der Waals surface area contributed by atoms with Gasteiger partial charge in [0.25, 0.3) is 5.91 Å². The van der Waals surface area contributed by atoms with Crippen molar-refractivity contribution >= 4 is 29.3 Å². The molecule has 35 heavy (non-hydrogen) atoms. The summed E-state index contributed by atoms with van der Waals surface area (Å²) in [5.41, 5.74) is 5.00. The Labute approximate surface area is 207 Å². The highest BCUT2D eigenvalue weighted by Crippen LogP contribution is 2.44. The third-order valence-electron chi connectivity index (χ3n) is 5.95. The number of carbonyl (C=O) groups excluding carboxylic acids is 2. The van der Waals surface area contributed by atoms with E-state index in [1.807, 2.05) is 24.3 Å². The highest BCUT2D eigenvalue weighted by atomic mass is 32.1. The van der Waals surface area contributed by atoms with Crippen LogP contribution < -0.4 is 5.32 Å². The Hall–Kier alpha value is -3.72. The van der Waals surface area contributed by atoms with Crippen LogP contribution in [0.3, 0.4) is 0 Å². The van der Waals surface area contributed by atoms with Crippen LogP contribution in [0.1, 0.15) is 45.4 Å². The number of alkyl carbamates (subject to hydrolysis) is 1. The van der Waals surface area contributed by atoms with Gasteiger partial charge in [-0.25, -0.2) is 9.78 Å². The average Bonchev–Trinajstić information content (AvgIpc) is 3.45. The molecule has 2 aromatic carbocycles. The highest BCUT2D eigenvalue weighted by Gasteiger charge is 2.29. The Balaban J connectivity index is 1.23. The molecular formula is C26H27N3O5S. The zero-order chi connectivity index (χ0) is 24.8. The second-order valence-corrected chi connectivity index (χ2v) is 9.30. The van der Waals surface area contributed by atoms with E-state index in [0.29, 0.717) is 31.6 Å². The maximum Gasteiger partial charge on any atom is 0.407 e. The number of hydrogen-bond acceptors (Lipinski definition) is 6. The predicted octanol–water partition coefficient (Wildman–Crippen LogP) is 4.16. The van der Waals surface area contributed by atoms with Crippen molar-refractivity contribution in [2.45, 2.75) is 25.2 Å². The largest absolute Gasteiger partial charge is 0.481 e. The lowest BCUT2D eigenvalue weighted by Gasteiger charge is -2.15. The molecule has 0 saturated heterocycles. The molecule has 1 heterocycles. The molecule has 0 saturated carbocycles. The van der Waals surface area contributed by atoms with E-state index in [1.165, 1.54) is 27.4 Å². The summed E-state index contributed by atoms with van der Waals surface area (Å²) in [4.78, 5) is 41.2. The number of carboxylic acid groups (broad SMARTS) is 1. The number of benzene rings is 2. The molecule has 1 aliphatic carbocycles. The van der Waals surface area contributed by atoms with Gasteiger partial charge < -0.3 is 20.1 Å². The molecule has 2 N–H and O–H groups in total. The summed E-state index contributed by atoms with van der Waals surface area (Å²) in [6.07, 6.45) is 0.392. The number of carbonyl (C=O) groups is 3. The van der Waals surface area contributed by atoms with Crippen LogP contribution in [0.5, 0.6) is 0 Å². The Morgan fingerprint density at radius 2 is 1.74 bits per heavy atom. The average molecular weight is 494 g/mol. The van der Waals surface area contributed by atoms with Gasteiger partial charge in [-0.1, -0.05) is 48.5 Å². The summed E-state index contributed by atoms with van der Waals surface area (Å²) in [7, 11) is 1.63. The van der Waals surface area contributed by atoms with Crippen LogP contribution in [-0.2, 0) is 16.0 Å². The summed E-state index contributed by atoms with van der Waals surface area (Å²) in [5, 5.41) is 13.9. The molecule has 0 unspecified atom stereocenters. The fourth-order valence-corrected chi connectivity index (χ4v) is 4.98. The molecular weight excluding hydrogens is 466 g/mol. The van der Waals surface area contributed by atoms with E-state index in [4.69, 9.17) is 9.84 Å². The second-order valence-electron chi connectivity index (χ2n) is 8.35. The van der Waals surface area contributed by atoms with Crippen molar-refractivity contribution in [1.29, 1.82) is 0 Å².